The van der Waals surface area contributed by atoms with Crippen LogP contribution in [0.2, 0.25) is 0 Å². The molecule has 2 rings (SSSR count). The Kier molecular flexibility index (Phi) is 5.58. The maximum Gasteiger partial charge on any atom is 0.311 e. The van der Waals surface area contributed by atoms with Crippen LogP contribution < -0.4 is 5.32 Å². The predicted octanol–water partition coefficient (Wildman–Crippen LogP) is 3.42. The highest BCUT2D eigenvalue weighted by molar-refractivity contribution is 5.81. The second-order valence-electron chi connectivity index (χ2n) is 7.31. The third-order valence-electron chi connectivity index (χ3n) is 4.20. The highest BCUT2D eigenvalue weighted by Crippen LogP contribution is 2.30. The number of rotatable bonds is 4. The monoisotopic (exact) mass is 317 g/mol. The average molecular weight is 317 g/mol. The number of Topliss-reactive ketones (excluding diaryl/α,β-unsaturated/α-hetero) is 1. The summed E-state index contributed by atoms with van der Waals surface area (Å²) in [4.78, 5) is 24.5. The molecular weight excluding hydrogens is 290 g/mol. The molecule has 0 saturated carbocycles. The standard InChI is InChI=1S/C19H27NO3/c1-5-14-11-15(21)12-16(20-14)17(13-9-7-6-8-10-13)23-18(22)19(2,3)4/h6-10,14,16-17,20H,5,11-12H2,1-4H3. The van der Waals surface area contributed by atoms with Gasteiger partial charge in [0.05, 0.1) is 11.5 Å². The molecule has 126 valence electrons. The van der Waals surface area contributed by atoms with E-state index in [0.717, 1.165) is 12.0 Å². The summed E-state index contributed by atoms with van der Waals surface area (Å²) < 4.78 is 5.83. The second kappa shape index (κ2) is 7.26. The fourth-order valence-electron chi connectivity index (χ4n) is 2.80. The van der Waals surface area contributed by atoms with Gasteiger partial charge in [0.2, 0.25) is 0 Å². The highest BCUT2D eigenvalue weighted by Gasteiger charge is 2.36. The molecule has 1 aliphatic heterocycles. The molecule has 4 nitrogen and oxygen atoms in total. The van der Waals surface area contributed by atoms with Crippen molar-refractivity contribution < 1.29 is 14.3 Å². The maximum absolute atomic E-state index is 12.4. The van der Waals surface area contributed by atoms with Gasteiger partial charge in [-0.1, -0.05) is 37.3 Å². The lowest BCUT2D eigenvalue weighted by Gasteiger charge is -2.36. The lowest BCUT2D eigenvalue weighted by atomic mass is 9.89. The zero-order chi connectivity index (χ0) is 17.0. The molecule has 1 N–H and O–H groups in total. The fourth-order valence-corrected chi connectivity index (χ4v) is 2.80. The molecule has 4 heteroatoms. The van der Waals surface area contributed by atoms with Crippen molar-refractivity contribution in [3.63, 3.8) is 0 Å². The molecule has 1 fully saturated rings. The van der Waals surface area contributed by atoms with Gasteiger partial charge in [-0.2, -0.15) is 0 Å². The molecule has 1 saturated heterocycles. The zero-order valence-electron chi connectivity index (χ0n) is 14.5. The molecule has 0 spiro atoms. The molecule has 3 atom stereocenters. The highest BCUT2D eigenvalue weighted by atomic mass is 16.5. The number of benzene rings is 1. The Labute approximate surface area is 138 Å². The summed E-state index contributed by atoms with van der Waals surface area (Å²) in [5.41, 5.74) is 0.350. The smallest absolute Gasteiger partial charge is 0.311 e. The van der Waals surface area contributed by atoms with Crippen molar-refractivity contribution in [3.8, 4) is 0 Å². The number of carbonyl (C=O) groups is 2. The minimum Gasteiger partial charge on any atom is -0.455 e. The van der Waals surface area contributed by atoms with Crippen LogP contribution in [0.3, 0.4) is 0 Å². The average Bonchev–Trinajstić information content (AvgIpc) is 2.51. The molecule has 1 aromatic rings. The van der Waals surface area contributed by atoms with E-state index in [-0.39, 0.29) is 23.8 Å². The van der Waals surface area contributed by atoms with Gasteiger partial charge in [-0.15, -0.1) is 0 Å². The minimum absolute atomic E-state index is 0.154. The summed E-state index contributed by atoms with van der Waals surface area (Å²) in [6, 6.07) is 9.66. The molecular formula is C19H27NO3. The van der Waals surface area contributed by atoms with E-state index in [0.29, 0.717) is 12.8 Å². The van der Waals surface area contributed by atoms with Crippen LogP contribution in [0.1, 0.15) is 58.6 Å². The lowest BCUT2D eigenvalue weighted by Crippen LogP contribution is -2.49. The topological polar surface area (TPSA) is 55.4 Å². The Morgan fingerprint density at radius 3 is 2.48 bits per heavy atom. The van der Waals surface area contributed by atoms with Crippen molar-refractivity contribution in [1.82, 2.24) is 5.32 Å². The van der Waals surface area contributed by atoms with Crippen LogP contribution in [0.25, 0.3) is 0 Å². The quantitative estimate of drug-likeness (QED) is 0.865. The van der Waals surface area contributed by atoms with E-state index in [4.69, 9.17) is 4.74 Å². The molecule has 1 heterocycles. The first-order chi connectivity index (χ1) is 10.8. The van der Waals surface area contributed by atoms with Crippen molar-refractivity contribution in [2.45, 2.75) is 65.1 Å². The van der Waals surface area contributed by atoms with Crippen LogP contribution >= 0.6 is 0 Å². The van der Waals surface area contributed by atoms with E-state index in [1.807, 2.05) is 51.1 Å². The first kappa shape index (κ1) is 17.7. The molecule has 0 aromatic heterocycles. The van der Waals surface area contributed by atoms with E-state index >= 15 is 0 Å². The summed E-state index contributed by atoms with van der Waals surface area (Å²) >= 11 is 0. The van der Waals surface area contributed by atoms with Gasteiger partial charge < -0.3 is 10.1 Å². The van der Waals surface area contributed by atoms with Gasteiger partial charge in [0, 0.05) is 18.9 Å². The first-order valence-electron chi connectivity index (χ1n) is 8.35. The third-order valence-corrected chi connectivity index (χ3v) is 4.20. The lowest BCUT2D eigenvalue weighted by molar-refractivity contribution is -0.162. The maximum atomic E-state index is 12.4. The summed E-state index contributed by atoms with van der Waals surface area (Å²) in [5, 5.41) is 3.49. The first-order valence-corrected chi connectivity index (χ1v) is 8.35. The van der Waals surface area contributed by atoms with Crippen molar-refractivity contribution in [1.29, 1.82) is 0 Å². The Balaban J connectivity index is 2.26. The van der Waals surface area contributed by atoms with Crippen LogP contribution in [0.15, 0.2) is 30.3 Å². The fraction of sp³-hybridized carbons (Fsp3) is 0.579. The van der Waals surface area contributed by atoms with Gasteiger partial charge in [-0.05, 0) is 32.8 Å². The van der Waals surface area contributed by atoms with Crippen LogP contribution in [0.5, 0.6) is 0 Å². The summed E-state index contributed by atoms with van der Waals surface area (Å²) in [6.07, 6.45) is 1.40. The van der Waals surface area contributed by atoms with Gasteiger partial charge in [-0.25, -0.2) is 0 Å². The van der Waals surface area contributed by atoms with Crippen molar-refractivity contribution in [2.24, 2.45) is 5.41 Å². The van der Waals surface area contributed by atoms with Crippen LogP contribution in [-0.2, 0) is 14.3 Å². The zero-order valence-corrected chi connectivity index (χ0v) is 14.5. The molecule has 1 aliphatic rings. The van der Waals surface area contributed by atoms with Gasteiger partial charge in [0.1, 0.15) is 11.9 Å². The van der Waals surface area contributed by atoms with Gasteiger partial charge >= 0.3 is 5.97 Å². The molecule has 1 aromatic carbocycles. The Bertz CT molecular complexity index is 547. The predicted molar refractivity (Wildman–Crippen MR) is 90.0 cm³/mol. The molecule has 23 heavy (non-hydrogen) atoms. The van der Waals surface area contributed by atoms with Gasteiger partial charge in [-0.3, -0.25) is 9.59 Å². The SMILES string of the molecule is CCC1CC(=O)CC(C(OC(=O)C(C)(C)C)c2ccccc2)N1. The summed E-state index contributed by atoms with van der Waals surface area (Å²) in [7, 11) is 0. The molecule has 3 unspecified atom stereocenters. The van der Waals surface area contributed by atoms with E-state index < -0.39 is 11.5 Å². The summed E-state index contributed by atoms with van der Waals surface area (Å²) in [5.74, 6) is -0.0208. The molecule has 0 amide bonds. The third kappa shape index (κ3) is 4.64. The van der Waals surface area contributed by atoms with Crippen molar-refractivity contribution in [3.05, 3.63) is 35.9 Å². The summed E-state index contributed by atoms with van der Waals surface area (Å²) in [6.45, 7) is 7.58. The number of hydrogen-bond donors (Lipinski definition) is 1. The van der Waals surface area contributed by atoms with E-state index in [1.165, 1.54) is 0 Å². The van der Waals surface area contributed by atoms with Crippen molar-refractivity contribution in [2.75, 3.05) is 0 Å². The molecule has 0 bridgehead atoms. The van der Waals surface area contributed by atoms with Crippen LogP contribution in [0.4, 0.5) is 0 Å². The van der Waals surface area contributed by atoms with Gasteiger partial charge in [0.25, 0.3) is 0 Å². The number of nitrogens with one attached hydrogen (secondary N) is 1. The van der Waals surface area contributed by atoms with Crippen molar-refractivity contribution >= 4 is 11.8 Å². The number of carbonyl (C=O) groups excluding carboxylic acids is 2. The Hall–Kier alpha value is -1.68. The number of hydrogen-bond acceptors (Lipinski definition) is 4. The van der Waals surface area contributed by atoms with E-state index in [2.05, 4.69) is 12.2 Å². The van der Waals surface area contributed by atoms with Crippen LogP contribution in [-0.4, -0.2) is 23.8 Å². The largest absolute Gasteiger partial charge is 0.455 e. The van der Waals surface area contributed by atoms with Crippen LogP contribution in [0, 0.1) is 5.41 Å². The minimum atomic E-state index is -0.574. The second-order valence-corrected chi connectivity index (χ2v) is 7.31. The Morgan fingerprint density at radius 1 is 1.26 bits per heavy atom. The van der Waals surface area contributed by atoms with Gasteiger partial charge in [0.15, 0.2) is 0 Å². The van der Waals surface area contributed by atoms with E-state index in [9.17, 15) is 9.59 Å². The van der Waals surface area contributed by atoms with E-state index in [1.54, 1.807) is 0 Å². The molecule has 0 radical (unpaired) electrons. The molecule has 0 aliphatic carbocycles. The number of piperidine rings is 1. The number of esters is 1. The number of ether oxygens (including phenoxy) is 1. The normalized spacial score (nSPS) is 23.4. The Morgan fingerprint density at radius 2 is 1.91 bits per heavy atom. The number of ketones is 1.